The number of amides is 1. The van der Waals surface area contributed by atoms with Gasteiger partial charge in [-0.2, -0.15) is 10.2 Å². The standard InChI is InChI=1S/C20H20N6O3S/c1-13-4-8-16(9-5-13)30(28,29)26(3)20-17(12-22-25(20)2)19(27)23-15-7-6-14-11-21-24-18(14)10-15/h4-12H,1-3H3,(H,21,24)(H,23,27). The molecule has 0 bridgehead atoms. The van der Waals surface area contributed by atoms with E-state index in [1.807, 2.05) is 13.0 Å². The average Bonchev–Trinajstić information content (AvgIpc) is 3.33. The Hall–Kier alpha value is -3.66. The third kappa shape index (κ3) is 3.41. The van der Waals surface area contributed by atoms with E-state index >= 15 is 0 Å². The Morgan fingerprint density at radius 3 is 2.60 bits per heavy atom. The molecule has 0 spiro atoms. The van der Waals surface area contributed by atoms with Crippen LogP contribution in [-0.4, -0.2) is 41.4 Å². The topological polar surface area (TPSA) is 113 Å². The molecule has 4 rings (SSSR count). The summed E-state index contributed by atoms with van der Waals surface area (Å²) in [5.41, 5.74) is 2.42. The second-order valence-electron chi connectivity index (χ2n) is 6.92. The number of fused-ring (bicyclic) bond motifs is 1. The van der Waals surface area contributed by atoms with Crippen LogP contribution < -0.4 is 9.62 Å². The summed E-state index contributed by atoms with van der Waals surface area (Å²) < 4.78 is 28.6. The molecule has 9 nitrogen and oxygen atoms in total. The van der Waals surface area contributed by atoms with Crippen molar-refractivity contribution in [2.45, 2.75) is 11.8 Å². The van der Waals surface area contributed by atoms with Crippen molar-refractivity contribution in [3.8, 4) is 0 Å². The largest absolute Gasteiger partial charge is 0.322 e. The second-order valence-corrected chi connectivity index (χ2v) is 8.89. The third-order valence-corrected chi connectivity index (χ3v) is 6.59. The molecular weight excluding hydrogens is 404 g/mol. The molecule has 0 aliphatic heterocycles. The van der Waals surface area contributed by atoms with Gasteiger partial charge in [0.2, 0.25) is 0 Å². The van der Waals surface area contributed by atoms with E-state index in [-0.39, 0.29) is 16.3 Å². The summed E-state index contributed by atoms with van der Waals surface area (Å²) in [5.74, 6) is -0.307. The van der Waals surface area contributed by atoms with Crippen LogP contribution in [0.15, 0.2) is 59.8 Å². The lowest BCUT2D eigenvalue weighted by Gasteiger charge is -2.21. The Kier molecular flexibility index (Phi) is 4.78. The molecular formula is C20H20N6O3S. The molecule has 0 atom stereocenters. The summed E-state index contributed by atoms with van der Waals surface area (Å²) in [6.07, 6.45) is 3.03. The van der Waals surface area contributed by atoms with Gasteiger partial charge in [-0.05, 0) is 37.3 Å². The zero-order chi connectivity index (χ0) is 21.5. The molecule has 2 aromatic carbocycles. The predicted octanol–water partition coefficient (Wildman–Crippen LogP) is 2.68. The number of hydrogen-bond donors (Lipinski definition) is 2. The van der Waals surface area contributed by atoms with E-state index in [0.717, 1.165) is 20.8 Å². The molecule has 0 saturated carbocycles. The van der Waals surface area contributed by atoms with Gasteiger partial charge in [0.15, 0.2) is 5.82 Å². The van der Waals surface area contributed by atoms with Gasteiger partial charge in [-0.1, -0.05) is 17.7 Å². The molecule has 1 amide bonds. The van der Waals surface area contributed by atoms with Crippen LogP contribution in [0, 0.1) is 6.92 Å². The van der Waals surface area contributed by atoms with Gasteiger partial charge in [0.1, 0.15) is 5.56 Å². The van der Waals surface area contributed by atoms with Crippen LogP contribution >= 0.6 is 0 Å². The number of hydrogen-bond acceptors (Lipinski definition) is 5. The minimum atomic E-state index is -3.87. The van der Waals surface area contributed by atoms with Crippen molar-refractivity contribution in [2.75, 3.05) is 16.7 Å². The second kappa shape index (κ2) is 7.30. The van der Waals surface area contributed by atoms with Gasteiger partial charge >= 0.3 is 0 Å². The summed E-state index contributed by atoms with van der Waals surface area (Å²) in [6, 6.07) is 11.9. The molecule has 4 aromatic rings. The lowest BCUT2D eigenvalue weighted by atomic mass is 10.2. The van der Waals surface area contributed by atoms with Gasteiger partial charge in [-0.25, -0.2) is 8.42 Å². The summed E-state index contributed by atoms with van der Waals surface area (Å²) in [4.78, 5) is 13.1. The molecule has 0 saturated heterocycles. The lowest BCUT2D eigenvalue weighted by Crippen LogP contribution is -2.30. The van der Waals surface area contributed by atoms with E-state index in [1.54, 1.807) is 37.5 Å². The highest BCUT2D eigenvalue weighted by atomic mass is 32.2. The monoisotopic (exact) mass is 424 g/mol. The van der Waals surface area contributed by atoms with Crippen LogP contribution in [-0.2, 0) is 17.1 Å². The first-order valence-corrected chi connectivity index (χ1v) is 10.5. The van der Waals surface area contributed by atoms with E-state index in [2.05, 4.69) is 20.6 Å². The van der Waals surface area contributed by atoms with Gasteiger partial charge in [0.25, 0.3) is 15.9 Å². The fourth-order valence-electron chi connectivity index (χ4n) is 3.16. The molecule has 2 N–H and O–H groups in total. The fourth-order valence-corrected chi connectivity index (χ4v) is 4.40. The highest BCUT2D eigenvalue weighted by molar-refractivity contribution is 7.92. The van der Waals surface area contributed by atoms with Crippen molar-refractivity contribution in [2.24, 2.45) is 7.05 Å². The molecule has 10 heteroatoms. The minimum Gasteiger partial charge on any atom is -0.322 e. The Balaban J connectivity index is 1.66. The number of nitrogens with zero attached hydrogens (tertiary/aromatic N) is 4. The maximum Gasteiger partial charge on any atom is 0.265 e. The SMILES string of the molecule is Cc1ccc(S(=O)(=O)N(C)c2c(C(=O)Nc3ccc4cn[nH]c4c3)cnn2C)cc1. The van der Waals surface area contributed by atoms with Crippen molar-refractivity contribution in [3.05, 3.63) is 66.0 Å². The van der Waals surface area contributed by atoms with E-state index in [0.29, 0.717) is 5.69 Å². The summed E-state index contributed by atoms with van der Waals surface area (Å²) in [6.45, 7) is 1.88. The molecule has 0 radical (unpaired) electrons. The van der Waals surface area contributed by atoms with Crippen LogP contribution in [0.4, 0.5) is 11.5 Å². The quantitative estimate of drug-likeness (QED) is 0.511. The first-order chi connectivity index (χ1) is 14.3. The maximum atomic E-state index is 13.1. The zero-order valence-electron chi connectivity index (χ0n) is 16.6. The number of aryl methyl sites for hydroxylation is 2. The van der Waals surface area contributed by atoms with Crippen LogP contribution in [0.25, 0.3) is 10.9 Å². The number of carbonyl (C=O) groups excluding carboxylic acids is 1. The molecule has 2 aromatic heterocycles. The summed E-state index contributed by atoms with van der Waals surface area (Å²) in [5, 5.41) is 14.6. The van der Waals surface area contributed by atoms with Crippen molar-refractivity contribution >= 4 is 38.3 Å². The Morgan fingerprint density at radius 2 is 1.87 bits per heavy atom. The summed E-state index contributed by atoms with van der Waals surface area (Å²) in [7, 11) is -0.882. The van der Waals surface area contributed by atoms with Gasteiger partial charge in [-0.3, -0.25) is 18.9 Å². The predicted molar refractivity (Wildman–Crippen MR) is 114 cm³/mol. The average molecular weight is 424 g/mol. The smallest absolute Gasteiger partial charge is 0.265 e. The highest BCUT2D eigenvalue weighted by Gasteiger charge is 2.28. The molecule has 0 unspecified atom stereocenters. The van der Waals surface area contributed by atoms with Gasteiger partial charge in [-0.15, -0.1) is 0 Å². The first-order valence-electron chi connectivity index (χ1n) is 9.09. The fraction of sp³-hybridized carbons (Fsp3) is 0.150. The van der Waals surface area contributed by atoms with E-state index in [9.17, 15) is 13.2 Å². The third-order valence-electron chi connectivity index (χ3n) is 4.83. The molecule has 2 heterocycles. The molecule has 154 valence electrons. The van der Waals surface area contributed by atoms with Crippen LogP contribution in [0.3, 0.4) is 0 Å². The summed E-state index contributed by atoms with van der Waals surface area (Å²) >= 11 is 0. The molecule has 0 aliphatic carbocycles. The lowest BCUT2D eigenvalue weighted by molar-refractivity contribution is 0.102. The maximum absolute atomic E-state index is 13.1. The van der Waals surface area contributed by atoms with Crippen molar-refractivity contribution in [1.29, 1.82) is 0 Å². The molecule has 0 fully saturated rings. The number of carbonyl (C=O) groups is 1. The minimum absolute atomic E-state index is 0.132. The number of nitrogens with one attached hydrogen (secondary N) is 2. The Bertz CT molecular complexity index is 1340. The van der Waals surface area contributed by atoms with Crippen LogP contribution in [0.5, 0.6) is 0 Å². The van der Waals surface area contributed by atoms with Gasteiger partial charge < -0.3 is 5.32 Å². The number of H-pyrrole nitrogens is 1. The van der Waals surface area contributed by atoms with Crippen molar-refractivity contribution in [1.82, 2.24) is 20.0 Å². The van der Waals surface area contributed by atoms with Gasteiger partial charge in [0, 0.05) is 25.2 Å². The number of anilines is 2. The number of benzene rings is 2. The number of aromatic amines is 1. The van der Waals surface area contributed by atoms with Crippen molar-refractivity contribution < 1.29 is 13.2 Å². The van der Waals surface area contributed by atoms with E-state index in [1.165, 1.54) is 30.1 Å². The van der Waals surface area contributed by atoms with E-state index in [4.69, 9.17) is 0 Å². The molecule has 0 aliphatic rings. The van der Waals surface area contributed by atoms with Gasteiger partial charge in [0.05, 0.1) is 22.8 Å². The van der Waals surface area contributed by atoms with Crippen molar-refractivity contribution in [3.63, 3.8) is 0 Å². The highest BCUT2D eigenvalue weighted by Crippen LogP contribution is 2.26. The number of aromatic nitrogens is 4. The zero-order valence-corrected chi connectivity index (χ0v) is 17.4. The number of rotatable bonds is 5. The van der Waals surface area contributed by atoms with Crippen LogP contribution in [0.1, 0.15) is 15.9 Å². The first kappa shape index (κ1) is 19.6. The van der Waals surface area contributed by atoms with Crippen LogP contribution in [0.2, 0.25) is 0 Å². The normalized spacial score (nSPS) is 11.6. The Labute approximate surface area is 173 Å². The van der Waals surface area contributed by atoms with E-state index < -0.39 is 15.9 Å². The Morgan fingerprint density at radius 1 is 1.13 bits per heavy atom. The molecule has 30 heavy (non-hydrogen) atoms. The number of sulfonamides is 1.